The monoisotopic (exact) mass is 479 g/mol. The number of pyridine rings is 1. The molecule has 0 radical (unpaired) electrons. The molecule has 0 atom stereocenters. The minimum atomic E-state index is -1.15. The van der Waals surface area contributed by atoms with Crippen molar-refractivity contribution in [2.24, 2.45) is 0 Å². The van der Waals surface area contributed by atoms with Crippen molar-refractivity contribution in [3.05, 3.63) is 42.0 Å². The molecule has 1 aliphatic rings. The number of rotatable bonds is 9. The molecule has 1 aliphatic heterocycles. The van der Waals surface area contributed by atoms with Gasteiger partial charge < -0.3 is 30.2 Å². The predicted octanol–water partition coefficient (Wildman–Crippen LogP) is -0.774. The molecule has 0 amide bonds. The number of aromatic carboxylic acids is 1. The first-order chi connectivity index (χ1) is 16.1. The van der Waals surface area contributed by atoms with Gasteiger partial charge in [0.05, 0.1) is 12.2 Å². The highest BCUT2D eigenvalue weighted by Crippen LogP contribution is 2.07. The Morgan fingerprint density at radius 2 is 1.21 bits per heavy atom. The van der Waals surface area contributed by atoms with Crippen LogP contribution in [0.5, 0.6) is 0 Å². The lowest BCUT2D eigenvalue weighted by Gasteiger charge is -2.31. The first kappa shape index (κ1) is 26.5. The SMILES string of the molecule is O=C(O)CN1/C=C\N(CC(=O)O)CCN(Cc2cccc(C(=O)O)n2)CCN(CC(=O)O)CC1. The van der Waals surface area contributed by atoms with Crippen LogP contribution in [0.4, 0.5) is 0 Å². The van der Waals surface area contributed by atoms with Crippen molar-refractivity contribution in [2.75, 3.05) is 58.9 Å². The molecule has 13 heteroatoms. The van der Waals surface area contributed by atoms with Gasteiger partial charge in [0.25, 0.3) is 0 Å². The third kappa shape index (κ3) is 9.83. The molecule has 4 N–H and O–H groups in total. The lowest BCUT2D eigenvalue weighted by atomic mass is 10.2. The van der Waals surface area contributed by atoms with Gasteiger partial charge in [-0.15, -0.1) is 0 Å². The van der Waals surface area contributed by atoms with Crippen LogP contribution < -0.4 is 0 Å². The van der Waals surface area contributed by atoms with Gasteiger partial charge in [0.2, 0.25) is 0 Å². The fourth-order valence-electron chi connectivity index (χ4n) is 3.42. The molecule has 0 saturated carbocycles. The molecule has 0 unspecified atom stereocenters. The van der Waals surface area contributed by atoms with E-state index in [4.69, 9.17) is 5.11 Å². The maximum atomic E-state index is 11.3. The van der Waals surface area contributed by atoms with Crippen LogP contribution in [0, 0.1) is 0 Å². The molecule has 0 spiro atoms. The number of hydrogen-bond donors (Lipinski definition) is 4. The van der Waals surface area contributed by atoms with E-state index in [1.165, 1.54) is 23.4 Å². The molecular formula is C21H29N5O8. The number of carboxylic acids is 4. The summed E-state index contributed by atoms with van der Waals surface area (Å²) in [4.78, 5) is 55.9. The zero-order valence-electron chi connectivity index (χ0n) is 18.6. The predicted molar refractivity (Wildman–Crippen MR) is 118 cm³/mol. The standard InChI is InChI=1S/C21H29N5O8/c27-18(28)13-24-6-4-23(12-16-2-1-3-17(22-16)21(33)34)5-7-25(14-19(29)30)9-11-26(10-8-24)15-20(31)32/h1-3,8,10H,4-7,9,11-15H2,(H,27,28)(H,29,30)(H,31,32)(H,33,34)/b10-8-. The molecule has 0 aliphatic carbocycles. The van der Waals surface area contributed by atoms with Crippen molar-refractivity contribution >= 4 is 23.9 Å². The quantitative estimate of drug-likeness (QED) is 0.348. The first-order valence-electron chi connectivity index (χ1n) is 10.6. The lowest BCUT2D eigenvalue weighted by molar-refractivity contribution is -0.139. The highest BCUT2D eigenvalue weighted by Gasteiger charge is 2.18. The molecule has 0 fully saturated rings. The Kier molecular flexibility index (Phi) is 10.2. The third-order valence-corrected chi connectivity index (χ3v) is 5.07. The zero-order chi connectivity index (χ0) is 25.1. The number of nitrogens with zero attached hydrogens (tertiary/aromatic N) is 5. The average Bonchev–Trinajstić information content (AvgIpc) is 2.74. The fourth-order valence-corrected chi connectivity index (χ4v) is 3.42. The van der Waals surface area contributed by atoms with E-state index >= 15 is 0 Å². The smallest absolute Gasteiger partial charge is 0.354 e. The average molecular weight is 479 g/mol. The number of aromatic nitrogens is 1. The van der Waals surface area contributed by atoms with Crippen molar-refractivity contribution in [1.29, 1.82) is 0 Å². The molecule has 0 saturated heterocycles. The van der Waals surface area contributed by atoms with Gasteiger partial charge in [-0.05, 0) is 12.1 Å². The fraction of sp³-hybridized carbons (Fsp3) is 0.476. The normalized spacial score (nSPS) is 17.4. The maximum absolute atomic E-state index is 11.3. The minimum absolute atomic E-state index is 0.0895. The van der Waals surface area contributed by atoms with E-state index in [9.17, 15) is 34.5 Å². The third-order valence-electron chi connectivity index (χ3n) is 5.07. The molecule has 0 bridgehead atoms. The summed E-state index contributed by atoms with van der Waals surface area (Å²) in [7, 11) is 0. The summed E-state index contributed by atoms with van der Waals surface area (Å²) in [6.07, 6.45) is 3.02. The Hall–Kier alpha value is -3.71. The number of carbonyl (C=O) groups is 4. The van der Waals surface area contributed by atoms with Crippen molar-refractivity contribution < 1.29 is 39.6 Å². The van der Waals surface area contributed by atoms with E-state index in [2.05, 4.69) is 4.98 Å². The minimum Gasteiger partial charge on any atom is -0.480 e. The number of carboxylic acid groups (broad SMARTS) is 4. The molecule has 34 heavy (non-hydrogen) atoms. The summed E-state index contributed by atoms with van der Waals surface area (Å²) in [6.45, 7) is 1.43. The van der Waals surface area contributed by atoms with Crippen molar-refractivity contribution in [3.63, 3.8) is 0 Å². The van der Waals surface area contributed by atoms with E-state index in [1.807, 2.05) is 4.90 Å². The summed E-state index contributed by atoms with van der Waals surface area (Å²) in [5.74, 6) is -4.26. The number of hydrogen-bond acceptors (Lipinski definition) is 9. The summed E-state index contributed by atoms with van der Waals surface area (Å²) in [5.41, 5.74) is 0.429. The maximum Gasteiger partial charge on any atom is 0.354 e. The van der Waals surface area contributed by atoms with E-state index < -0.39 is 23.9 Å². The molecular weight excluding hydrogens is 450 g/mol. The van der Waals surface area contributed by atoms with Crippen molar-refractivity contribution in [2.45, 2.75) is 6.54 Å². The molecule has 0 aromatic carbocycles. The lowest BCUT2D eigenvalue weighted by Crippen LogP contribution is -2.44. The van der Waals surface area contributed by atoms with Crippen LogP contribution in [0.3, 0.4) is 0 Å². The van der Waals surface area contributed by atoms with Crippen LogP contribution in [0.25, 0.3) is 0 Å². The van der Waals surface area contributed by atoms with E-state index in [1.54, 1.807) is 21.9 Å². The van der Waals surface area contributed by atoms with Gasteiger partial charge in [0, 0.05) is 58.2 Å². The second-order valence-corrected chi connectivity index (χ2v) is 7.79. The van der Waals surface area contributed by atoms with Crippen LogP contribution in [0.2, 0.25) is 0 Å². The van der Waals surface area contributed by atoms with Crippen LogP contribution in [-0.4, -0.2) is 128 Å². The Morgan fingerprint density at radius 3 is 1.74 bits per heavy atom. The van der Waals surface area contributed by atoms with E-state index in [0.717, 1.165) is 0 Å². The van der Waals surface area contributed by atoms with Gasteiger partial charge in [-0.3, -0.25) is 24.2 Å². The van der Waals surface area contributed by atoms with Gasteiger partial charge in [-0.25, -0.2) is 9.78 Å². The summed E-state index contributed by atoms with van der Waals surface area (Å²) < 4.78 is 0. The van der Waals surface area contributed by atoms with Gasteiger partial charge in [0.15, 0.2) is 0 Å². The summed E-state index contributed by atoms with van der Waals surface area (Å²) in [6, 6.07) is 4.67. The van der Waals surface area contributed by atoms with Gasteiger partial charge in [0.1, 0.15) is 18.8 Å². The second-order valence-electron chi connectivity index (χ2n) is 7.79. The molecule has 1 aromatic rings. The highest BCUT2D eigenvalue weighted by atomic mass is 16.4. The van der Waals surface area contributed by atoms with Gasteiger partial charge in [-0.1, -0.05) is 6.07 Å². The number of aliphatic carboxylic acids is 3. The van der Waals surface area contributed by atoms with Crippen molar-refractivity contribution in [3.8, 4) is 0 Å². The Balaban J connectivity index is 2.25. The molecule has 1 aromatic heterocycles. The summed E-state index contributed by atoms with van der Waals surface area (Å²) in [5, 5.41) is 36.9. The molecule has 186 valence electrons. The van der Waals surface area contributed by atoms with Gasteiger partial charge >= 0.3 is 23.9 Å². The van der Waals surface area contributed by atoms with Crippen LogP contribution in [0.1, 0.15) is 16.2 Å². The summed E-state index contributed by atoms with van der Waals surface area (Å²) >= 11 is 0. The van der Waals surface area contributed by atoms with Gasteiger partial charge in [-0.2, -0.15) is 0 Å². The van der Waals surface area contributed by atoms with E-state index in [0.29, 0.717) is 31.9 Å². The topological polar surface area (TPSA) is 175 Å². The second kappa shape index (κ2) is 13.1. The van der Waals surface area contributed by atoms with Crippen LogP contribution >= 0.6 is 0 Å². The largest absolute Gasteiger partial charge is 0.480 e. The Bertz CT molecular complexity index is 909. The zero-order valence-corrected chi connectivity index (χ0v) is 18.6. The highest BCUT2D eigenvalue weighted by molar-refractivity contribution is 5.85. The first-order valence-corrected chi connectivity index (χ1v) is 10.6. The molecule has 2 heterocycles. The van der Waals surface area contributed by atoms with Crippen LogP contribution in [-0.2, 0) is 20.9 Å². The molecule has 2 rings (SSSR count). The Labute approximate surface area is 196 Å². The van der Waals surface area contributed by atoms with Crippen molar-refractivity contribution in [1.82, 2.24) is 24.6 Å². The van der Waals surface area contributed by atoms with E-state index in [-0.39, 0.29) is 45.0 Å². The Morgan fingerprint density at radius 1 is 0.706 bits per heavy atom. The van der Waals surface area contributed by atoms with Crippen LogP contribution in [0.15, 0.2) is 30.6 Å². The molecule has 13 nitrogen and oxygen atoms in total.